The van der Waals surface area contributed by atoms with E-state index in [1.54, 1.807) is 0 Å². The van der Waals surface area contributed by atoms with Gasteiger partial charge in [0.2, 0.25) is 0 Å². The molecule has 0 unspecified atom stereocenters. The predicted octanol–water partition coefficient (Wildman–Crippen LogP) is 3.47. The van der Waals surface area contributed by atoms with Gasteiger partial charge in [-0.25, -0.2) is 0 Å². The highest BCUT2D eigenvalue weighted by Crippen LogP contribution is 2.39. The van der Waals surface area contributed by atoms with E-state index in [9.17, 15) is 13.2 Å². The van der Waals surface area contributed by atoms with Gasteiger partial charge in [0.1, 0.15) is 0 Å². The van der Waals surface area contributed by atoms with Crippen molar-refractivity contribution in [2.24, 2.45) is 5.73 Å². The summed E-state index contributed by atoms with van der Waals surface area (Å²) in [6.45, 7) is -0.297. The Balaban J connectivity index is 3.46. The van der Waals surface area contributed by atoms with E-state index in [0.717, 1.165) is 6.07 Å². The van der Waals surface area contributed by atoms with Crippen LogP contribution in [0.1, 0.15) is 11.1 Å². The monoisotopic (exact) mass is 243 g/mol. The summed E-state index contributed by atoms with van der Waals surface area (Å²) in [7, 11) is 0. The summed E-state index contributed by atoms with van der Waals surface area (Å²) in [5.74, 6) is 0. The standard InChI is InChI=1S/C8H6Cl2F3N/c9-5-1-2-6(10)7(4(5)3-14)8(11,12)13/h1-2H,3,14H2. The van der Waals surface area contributed by atoms with Crippen molar-refractivity contribution >= 4 is 23.2 Å². The molecule has 0 aliphatic rings. The van der Waals surface area contributed by atoms with Crippen LogP contribution in [0.4, 0.5) is 13.2 Å². The van der Waals surface area contributed by atoms with E-state index in [4.69, 9.17) is 28.9 Å². The molecule has 0 amide bonds. The third kappa shape index (κ3) is 2.13. The quantitative estimate of drug-likeness (QED) is 0.804. The zero-order valence-electron chi connectivity index (χ0n) is 6.83. The highest BCUT2D eigenvalue weighted by atomic mass is 35.5. The minimum atomic E-state index is -4.53. The summed E-state index contributed by atoms with van der Waals surface area (Å²) >= 11 is 11.0. The number of benzene rings is 1. The molecular formula is C8H6Cl2F3N. The number of alkyl halides is 3. The molecule has 0 aromatic heterocycles. The Morgan fingerprint density at radius 1 is 1.14 bits per heavy atom. The smallest absolute Gasteiger partial charge is 0.326 e. The summed E-state index contributed by atoms with van der Waals surface area (Å²) in [6.07, 6.45) is -4.53. The fourth-order valence-corrected chi connectivity index (χ4v) is 1.62. The highest BCUT2D eigenvalue weighted by molar-refractivity contribution is 6.34. The molecule has 0 radical (unpaired) electrons. The van der Waals surface area contributed by atoms with Crippen LogP contribution < -0.4 is 5.73 Å². The average Bonchev–Trinajstić information content (AvgIpc) is 2.06. The van der Waals surface area contributed by atoms with Gasteiger partial charge in [-0.15, -0.1) is 0 Å². The Hall–Kier alpha value is -0.450. The first kappa shape index (κ1) is 11.6. The van der Waals surface area contributed by atoms with E-state index in [-0.39, 0.29) is 22.2 Å². The Bertz CT molecular complexity index is 349. The van der Waals surface area contributed by atoms with Crippen molar-refractivity contribution in [3.63, 3.8) is 0 Å². The predicted molar refractivity (Wildman–Crippen MR) is 49.4 cm³/mol. The van der Waals surface area contributed by atoms with Crippen LogP contribution >= 0.6 is 23.2 Å². The minimum Gasteiger partial charge on any atom is -0.326 e. The largest absolute Gasteiger partial charge is 0.418 e. The molecule has 0 aliphatic carbocycles. The average molecular weight is 244 g/mol. The van der Waals surface area contributed by atoms with Crippen LogP contribution in [0, 0.1) is 0 Å². The fourth-order valence-electron chi connectivity index (χ4n) is 1.10. The molecule has 0 saturated heterocycles. The molecule has 14 heavy (non-hydrogen) atoms. The molecule has 1 aromatic rings. The topological polar surface area (TPSA) is 26.0 Å². The molecule has 1 aromatic carbocycles. The van der Waals surface area contributed by atoms with Gasteiger partial charge in [0, 0.05) is 11.6 Å². The second-order valence-electron chi connectivity index (χ2n) is 2.58. The van der Waals surface area contributed by atoms with Crippen molar-refractivity contribution in [2.75, 3.05) is 0 Å². The molecule has 6 heteroatoms. The van der Waals surface area contributed by atoms with Crippen LogP contribution in [0.3, 0.4) is 0 Å². The van der Waals surface area contributed by atoms with Gasteiger partial charge in [0.15, 0.2) is 0 Å². The van der Waals surface area contributed by atoms with E-state index in [1.807, 2.05) is 0 Å². The maximum Gasteiger partial charge on any atom is 0.418 e. The number of hydrogen-bond acceptors (Lipinski definition) is 1. The van der Waals surface area contributed by atoms with Gasteiger partial charge in [-0.05, 0) is 17.7 Å². The van der Waals surface area contributed by atoms with Gasteiger partial charge in [-0.3, -0.25) is 0 Å². The first-order valence-electron chi connectivity index (χ1n) is 3.62. The SMILES string of the molecule is NCc1c(Cl)ccc(Cl)c1C(F)(F)F. The second kappa shape index (κ2) is 3.96. The summed E-state index contributed by atoms with van der Waals surface area (Å²) in [4.78, 5) is 0. The maximum atomic E-state index is 12.5. The van der Waals surface area contributed by atoms with Crippen molar-refractivity contribution < 1.29 is 13.2 Å². The number of halogens is 5. The molecule has 0 fully saturated rings. The normalized spacial score (nSPS) is 11.9. The third-order valence-electron chi connectivity index (χ3n) is 1.69. The molecule has 0 aliphatic heterocycles. The second-order valence-corrected chi connectivity index (χ2v) is 3.40. The Labute approximate surface area is 88.6 Å². The maximum absolute atomic E-state index is 12.5. The van der Waals surface area contributed by atoms with Gasteiger partial charge in [-0.2, -0.15) is 13.2 Å². The van der Waals surface area contributed by atoms with Crippen LogP contribution in [0.2, 0.25) is 10.0 Å². The Kier molecular flexibility index (Phi) is 3.29. The lowest BCUT2D eigenvalue weighted by Crippen LogP contribution is -2.13. The highest BCUT2D eigenvalue weighted by Gasteiger charge is 2.36. The van der Waals surface area contributed by atoms with Gasteiger partial charge < -0.3 is 5.73 Å². The zero-order chi connectivity index (χ0) is 10.9. The van der Waals surface area contributed by atoms with Gasteiger partial charge in [-0.1, -0.05) is 23.2 Å². The van der Waals surface area contributed by atoms with E-state index in [1.165, 1.54) is 6.07 Å². The Morgan fingerprint density at radius 2 is 1.64 bits per heavy atom. The molecule has 0 atom stereocenters. The van der Waals surface area contributed by atoms with Gasteiger partial charge in [0.05, 0.1) is 10.6 Å². The molecule has 0 spiro atoms. The lowest BCUT2D eigenvalue weighted by molar-refractivity contribution is -0.138. The van der Waals surface area contributed by atoms with E-state index in [2.05, 4.69) is 0 Å². The van der Waals surface area contributed by atoms with Crippen molar-refractivity contribution in [3.05, 3.63) is 33.3 Å². The van der Waals surface area contributed by atoms with Crippen LogP contribution in [-0.2, 0) is 12.7 Å². The summed E-state index contributed by atoms with van der Waals surface area (Å²) in [5.41, 5.74) is 4.05. The van der Waals surface area contributed by atoms with Gasteiger partial charge in [0.25, 0.3) is 0 Å². The van der Waals surface area contributed by atoms with Crippen molar-refractivity contribution in [1.82, 2.24) is 0 Å². The lowest BCUT2D eigenvalue weighted by atomic mass is 10.1. The van der Waals surface area contributed by atoms with Gasteiger partial charge >= 0.3 is 6.18 Å². The van der Waals surface area contributed by atoms with E-state index >= 15 is 0 Å². The molecule has 0 saturated carbocycles. The number of rotatable bonds is 1. The van der Waals surface area contributed by atoms with Crippen molar-refractivity contribution in [3.8, 4) is 0 Å². The first-order chi connectivity index (χ1) is 6.38. The molecule has 2 N–H and O–H groups in total. The summed E-state index contributed by atoms with van der Waals surface area (Å²) in [6, 6.07) is 2.40. The van der Waals surface area contributed by atoms with Crippen LogP contribution in [0.5, 0.6) is 0 Å². The first-order valence-corrected chi connectivity index (χ1v) is 4.37. The van der Waals surface area contributed by atoms with Crippen LogP contribution in [-0.4, -0.2) is 0 Å². The molecule has 78 valence electrons. The summed E-state index contributed by atoms with van der Waals surface area (Å²) in [5, 5.41) is -0.411. The minimum absolute atomic E-state index is 0.0239. The van der Waals surface area contributed by atoms with Crippen molar-refractivity contribution in [2.45, 2.75) is 12.7 Å². The zero-order valence-corrected chi connectivity index (χ0v) is 8.34. The Morgan fingerprint density at radius 3 is 2.00 bits per heavy atom. The molecule has 1 nitrogen and oxygen atoms in total. The van der Waals surface area contributed by atoms with E-state index < -0.39 is 11.7 Å². The molecule has 1 rings (SSSR count). The molecular weight excluding hydrogens is 238 g/mol. The number of hydrogen-bond donors (Lipinski definition) is 1. The third-order valence-corrected chi connectivity index (χ3v) is 2.36. The van der Waals surface area contributed by atoms with Crippen LogP contribution in [0.15, 0.2) is 12.1 Å². The fraction of sp³-hybridized carbons (Fsp3) is 0.250. The molecule has 0 heterocycles. The van der Waals surface area contributed by atoms with Crippen LogP contribution in [0.25, 0.3) is 0 Å². The number of nitrogens with two attached hydrogens (primary N) is 1. The lowest BCUT2D eigenvalue weighted by Gasteiger charge is -2.14. The van der Waals surface area contributed by atoms with E-state index in [0.29, 0.717) is 0 Å². The van der Waals surface area contributed by atoms with Crippen molar-refractivity contribution in [1.29, 1.82) is 0 Å². The molecule has 0 bridgehead atoms. The summed E-state index contributed by atoms with van der Waals surface area (Å²) < 4.78 is 37.4.